The molecule has 1 fully saturated rings. The largest absolute Gasteiger partial charge is 0.398 e. The fraction of sp³-hybridized carbons (Fsp3) is 0.538. The topological polar surface area (TPSA) is 52.7 Å². The molecule has 0 aromatic heterocycles. The van der Waals surface area contributed by atoms with Crippen LogP contribution in [0.3, 0.4) is 0 Å². The number of aliphatic hydroxyl groups excluding tert-OH is 1. The molecule has 0 bridgehead atoms. The summed E-state index contributed by atoms with van der Waals surface area (Å²) in [5.41, 5.74) is 8.08. The Kier molecular flexibility index (Phi) is 5.65. The summed E-state index contributed by atoms with van der Waals surface area (Å²) in [6, 6.07) is 4.05. The van der Waals surface area contributed by atoms with Crippen molar-refractivity contribution in [1.82, 2.24) is 9.80 Å². The molecule has 0 unspecified atom stereocenters. The van der Waals surface area contributed by atoms with E-state index in [0.717, 1.165) is 59.5 Å². The molecule has 1 saturated heterocycles. The van der Waals surface area contributed by atoms with Crippen LogP contribution in [0.15, 0.2) is 21.1 Å². The van der Waals surface area contributed by atoms with Gasteiger partial charge in [-0.15, -0.1) is 0 Å². The molecule has 0 saturated carbocycles. The number of hydrogen-bond acceptors (Lipinski definition) is 4. The molecular weight excluding hydrogens is 374 g/mol. The number of halogens is 2. The summed E-state index contributed by atoms with van der Waals surface area (Å²) in [4.78, 5) is 4.69. The van der Waals surface area contributed by atoms with E-state index in [9.17, 15) is 0 Å². The van der Waals surface area contributed by atoms with Crippen LogP contribution in [0.25, 0.3) is 0 Å². The number of hydrogen-bond donors (Lipinski definition) is 2. The van der Waals surface area contributed by atoms with Gasteiger partial charge in [0.15, 0.2) is 0 Å². The Labute approximate surface area is 130 Å². The summed E-state index contributed by atoms with van der Waals surface area (Å²) in [5, 5.41) is 8.93. The lowest BCUT2D eigenvalue weighted by Gasteiger charge is -2.34. The lowest BCUT2D eigenvalue weighted by atomic mass is 10.1. The predicted molar refractivity (Wildman–Crippen MR) is 85.1 cm³/mol. The Morgan fingerprint density at radius 2 is 1.74 bits per heavy atom. The van der Waals surface area contributed by atoms with Crippen LogP contribution < -0.4 is 5.73 Å². The van der Waals surface area contributed by atoms with Gasteiger partial charge in [-0.2, -0.15) is 0 Å². The molecule has 0 amide bonds. The van der Waals surface area contributed by atoms with Crippen molar-refractivity contribution in [2.75, 3.05) is 45.1 Å². The van der Waals surface area contributed by atoms with Crippen molar-refractivity contribution in [2.45, 2.75) is 6.54 Å². The van der Waals surface area contributed by atoms with Crippen LogP contribution in [0.5, 0.6) is 0 Å². The maximum absolute atomic E-state index is 8.93. The summed E-state index contributed by atoms with van der Waals surface area (Å²) < 4.78 is 1.98. The molecule has 0 aliphatic carbocycles. The lowest BCUT2D eigenvalue weighted by Crippen LogP contribution is -2.46. The quantitative estimate of drug-likeness (QED) is 0.768. The predicted octanol–water partition coefficient (Wildman–Crippen LogP) is 1.90. The van der Waals surface area contributed by atoms with Gasteiger partial charge in [-0.3, -0.25) is 9.80 Å². The van der Waals surface area contributed by atoms with E-state index in [1.165, 1.54) is 0 Å². The average molecular weight is 393 g/mol. The van der Waals surface area contributed by atoms with E-state index in [2.05, 4.69) is 47.7 Å². The van der Waals surface area contributed by atoms with Crippen molar-refractivity contribution < 1.29 is 5.11 Å². The molecule has 0 radical (unpaired) electrons. The first kappa shape index (κ1) is 15.3. The fourth-order valence-corrected chi connectivity index (χ4v) is 3.64. The molecule has 3 N–H and O–H groups in total. The van der Waals surface area contributed by atoms with Crippen molar-refractivity contribution >= 4 is 37.5 Å². The Morgan fingerprint density at radius 3 is 2.37 bits per heavy atom. The smallest absolute Gasteiger partial charge is 0.0558 e. The third-order valence-electron chi connectivity index (χ3n) is 3.46. The van der Waals surface area contributed by atoms with Gasteiger partial charge in [-0.25, -0.2) is 0 Å². The minimum Gasteiger partial charge on any atom is -0.398 e. The van der Waals surface area contributed by atoms with Gasteiger partial charge in [0.05, 0.1) is 12.3 Å². The van der Waals surface area contributed by atoms with E-state index in [4.69, 9.17) is 10.8 Å². The zero-order chi connectivity index (χ0) is 13.8. The maximum Gasteiger partial charge on any atom is 0.0558 e. The van der Waals surface area contributed by atoms with Crippen LogP contribution in [0.1, 0.15) is 5.56 Å². The maximum atomic E-state index is 8.93. The molecular formula is C13H19Br2N3O. The van der Waals surface area contributed by atoms with Gasteiger partial charge in [0.2, 0.25) is 0 Å². The average Bonchev–Trinajstić information content (AvgIpc) is 2.38. The summed E-state index contributed by atoms with van der Waals surface area (Å²) in [6.07, 6.45) is 0. The number of nitrogen functional groups attached to an aromatic ring is 1. The standard InChI is InChI=1S/C13H19Br2N3O/c14-11-7-10(13(16)12(15)8-11)9-18-3-1-17(2-4-18)5-6-19/h7-8,19H,1-6,9,16H2. The fourth-order valence-electron chi connectivity index (χ4n) is 2.32. The summed E-state index contributed by atoms with van der Waals surface area (Å²) >= 11 is 6.98. The molecule has 2 rings (SSSR count). The highest BCUT2D eigenvalue weighted by molar-refractivity contribution is 9.11. The molecule has 4 nitrogen and oxygen atoms in total. The zero-order valence-corrected chi connectivity index (χ0v) is 14.0. The van der Waals surface area contributed by atoms with E-state index < -0.39 is 0 Å². The van der Waals surface area contributed by atoms with Crippen molar-refractivity contribution in [3.8, 4) is 0 Å². The van der Waals surface area contributed by atoms with Gasteiger partial charge in [-0.05, 0) is 33.6 Å². The van der Waals surface area contributed by atoms with Gasteiger partial charge in [0.25, 0.3) is 0 Å². The number of aliphatic hydroxyl groups is 1. The van der Waals surface area contributed by atoms with Crippen molar-refractivity contribution in [2.24, 2.45) is 0 Å². The minimum atomic E-state index is 0.242. The number of β-amino-alcohol motifs (C(OH)–C–C–N with tert-alkyl or cyclic N) is 1. The first-order chi connectivity index (χ1) is 9.10. The number of piperazine rings is 1. The third kappa shape index (κ3) is 4.16. The highest BCUT2D eigenvalue weighted by Crippen LogP contribution is 2.29. The van der Waals surface area contributed by atoms with Gasteiger partial charge in [-0.1, -0.05) is 15.9 Å². The summed E-state index contributed by atoms with van der Waals surface area (Å²) in [6.45, 7) is 5.94. The SMILES string of the molecule is Nc1c(Br)cc(Br)cc1CN1CCN(CCO)CC1. The lowest BCUT2D eigenvalue weighted by molar-refractivity contribution is 0.108. The normalized spacial score (nSPS) is 17.8. The molecule has 0 atom stereocenters. The van der Waals surface area contributed by atoms with E-state index in [0.29, 0.717) is 0 Å². The second-order valence-corrected chi connectivity index (χ2v) is 6.57. The number of rotatable bonds is 4. The Bertz CT molecular complexity index is 434. The third-order valence-corrected chi connectivity index (χ3v) is 4.57. The van der Waals surface area contributed by atoms with E-state index in [1.54, 1.807) is 0 Å². The van der Waals surface area contributed by atoms with Gasteiger partial charge >= 0.3 is 0 Å². The zero-order valence-electron chi connectivity index (χ0n) is 10.8. The van der Waals surface area contributed by atoms with Gasteiger partial charge < -0.3 is 10.8 Å². The molecule has 1 aromatic carbocycles. The van der Waals surface area contributed by atoms with Crippen LogP contribution in [0.2, 0.25) is 0 Å². The van der Waals surface area contributed by atoms with Crippen LogP contribution in [-0.2, 0) is 6.54 Å². The molecule has 1 aliphatic rings. The van der Waals surface area contributed by atoms with Gasteiger partial charge in [0.1, 0.15) is 0 Å². The second kappa shape index (κ2) is 7.04. The molecule has 19 heavy (non-hydrogen) atoms. The molecule has 1 aromatic rings. The first-order valence-corrected chi connectivity index (χ1v) is 7.97. The Morgan fingerprint density at radius 1 is 1.11 bits per heavy atom. The monoisotopic (exact) mass is 391 g/mol. The number of nitrogens with two attached hydrogens (primary N) is 1. The van der Waals surface area contributed by atoms with E-state index in [1.807, 2.05) is 6.07 Å². The highest BCUT2D eigenvalue weighted by Gasteiger charge is 2.17. The van der Waals surface area contributed by atoms with E-state index >= 15 is 0 Å². The van der Waals surface area contributed by atoms with Crippen molar-refractivity contribution in [1.29, 1.82) is 0 Å². The molecule has 6 heteroatoms. The van der Waals surface area contributed by atoms with Crippen molar-refractivity contribution in [3.63, 3.8) is 0 Å². The van der Waals surface area contributed by atoms with Crippen LogP contribution in [-0.4, -0.2) is 54.2 Å². The second-order valence-electron chi connectivity index (χ2n) is 4.80. The first-order valence-electron chi connectivity index (χ1n) is 6.39. The molecule has 0 spiro atoms. The summed E-state index contributed by atoms with van der Waals surface area (Å²) in [7, 11) is 0. The van der Waals surface area contributed by atoms with Crippen LogP contribution >= 0.6 is 31.9 Å². The Hall–Kier alpha value is -0.140. The van der Waals surface area contributed by atoms with Gasteiger partial charge in [0, 0.05) is 48.2 Å². The number of nitrogens with zero attached hydrogens (tertiary/aromatic N) is 2. The number of benzene rings is 1. The van der Waals surface area contributed by atoms with E-state index in [-0.39, 0.29) is 6.61 Å². The Balaban J connectivity index is 1.96. The molecule has 1 aliphatic heterocycles. The molecule has 1 heterocycles. The van der Waals surface area contributed by atoms with Crippen LogP contribution in [0, 0.1) is 0 Å². The number of anilines is 1. The summed E-state index contributed by atoms with van der Waals surface area (Å²) in [5.74, 6) is 0. The highest BCUT2D eigenvalue weighted by atomic mass is 79.9. The molecule has 106 valence electrons. The minimum absolute atomic E-state index is 0.242. The van der Waals surface area contributed by atoms with Crippen LogP contribution in [0.4, 0.5) is 5.69 Å². The van der Waals surface area contributed by atoms with Crippen molar-refractivity contribution in [3.05, 3.63) is 26.6 Å².